The molecule has 8 heteroatoms. The van der Waals surface area contributed by atoms with Gasteiger partial charge in [0.05, 0.1) is 11.7 Å². The summed E-state index contributed by atoms with van der Waals surface area (Å²) in [6, 6.07) is 5.80. The number of hydrogen-bond acceptors (Lipinski definition) is 5. The molecule has 2 aliphatic rings. The van der Waals surface area contributed by atoms with Crippen molar-refractivity contribution in [2.45, 2.75) is 51.0 Å². The van der Waals surface area contributed by atoms with Crippen LogP contribution in [0.5, 0.6) is 0 Å². The summed E-state index contributed by atoms with van der Waals surface area (Å²) in [5, 5.41) is 2.91. The maximum Gasteiger partial charge on any atom is 0.286 e. The van der Waals surface area contributed by atoms with Gasteiger partial charge in [-0.3, -0.25) is 9.59 Å². The molecule has 0 spiro atoms. The lowest BCUT2D eigenvalue weighted by molar-refractivity contribution is -0.131. The normalized spacial score (nSPS) is 24.0. The van der Waals surface area contributed by atoms with Gasteiger partial charge in [-0.15, -0.1) is 4.40 Å². The van der Waals surface area contributed by atoms with E-state index in [2.05, 4.69) is 16.6 Å². The predicted molar refractivity (Wildman–Crippen MR) is 103 cm³/mol. The molecular formula is C19H25N3O4S. The van der Waals surface area contributed by atoms with Crippen molar-refractivity contribution in [3.05, 3.63) is 24.3 Å². The van der Waals surface area contributed by atoms with Crippen LogP contribution in [-0.2, 0) is 19.6 Å². The number of ketones is 1. The summed E-state index contributed by atoms with van der Waals surface area (Å²) in [5.74, 6) is -1.99. The van der Waals surface area contributed by atoms with Gasteiger partial charge in [0.2, 0.25) is 5.91 Å². The zero-order chi connectivity index (χ0) is 19.8. The van der Waals surface area contributed by atoms with E-state index in [-0.39, 0.29) is 28.3 Å². The zero-order valence-electron chi connectivity index (χ0n) is 15.8. The van der Waals surface area contributed by atoms with Crippen LogP contribution in [0.2, 0.25) is 0 Å². The number of Topliss-reactive ketones (excluding diaryl/α,β-unsaturated/α-hetero) is 1. The van der Waals surface area contributed by atoms with Crippen molar-refractivity contribution >= 4 is 33.2 Å². The Bertz CT molecular complexity index is 892. The molecule has 0 saturated carbocycles. The molecule has 0 aliphatic carbocycles. The second-order valence-electron chi connectivity index (χ2n) is 7.34. The van der Waals surface area contributed by atoms with E-state index >= 15 is 0 Å². The number of unbranched alkanes of at least 4 members (excludes halogenated alkanes) is 2. The Labute approximate surface area is 159 Å². The van der Waals surface area contributed by atoms with Crippen LogP contribution in [0.15, 0.2) is 33.6 Å². The van der Waals surface area contributed by atoms with Gasteiger partial charge in [0, 0.05) is 6.54 Å². The maximum absolute atomic E-state index is 13.0. The largest absolute Gasteiger partial charge is 0.341 e. The number of para-hydroxylation sites is 1. The number of amides is 1. The second kappa shape index (κ2) is 7.42. The molecular weight excluding hydrogens is 366 g/mol. The first-order valence-corrected chi connectivity index (χ1v) is 10.8. The Hall–Kier alpha value is -2.22. The fourth-order valence-electron chi connectivity index (χ4n) is 3.73. The number of nitrogens with zero attached hydrogens (tertiary/aromatic N) is 2. The van der Waals surface area contributed by atoms with E-state index in [4.69, 9.17) is 0 Å². The number of amidine groups is 1. The topological polar surface area (TPSA) is 95.9 Å². The molecule has 0 bridgehead atoms. The average molecular weight is 391 g/mol. The molecule has 2 atom stereocenters. The van der Waals surface area contributed by atoms with E-state index < -0.39 is 22.0 Å². The fourth-order valence-corrected chi connectivity index (χ4v) is 4.89. The fraction of sp³-hybridized carbons (Fsp3) is 0.526. The van der Waals surface area contributed by atoms with Crippen LogP contribution in [0.1, 0.15) is 40.0 Å². The molecule has 27 heavy (non-hydrogen) atoms. The van der Waals surface area contributed by atoms with E-state index in [1.807, 2.05) is 13.8 Å². The SMILES string of the molecule is CCCCCN1C(=O)C(C2=NS(=O)(=O)c3ccccc3N2)C(=O)[C@@H]1C(C)C. The average Bonchev–Trinajstić information content (AvgIpc) is 2.85. The first-order valence-electron chi connectivity index (χ1n) is 9.33. The van der Waals surface area contributed by atoms with Crippen LogP contribution < -0.4 is 5.32 Å². The standard InChI is InChI=1S/C19H25N3O4S/c1-4-5-8-11-22-16(12(2)3)17(23)15(19(22)24)18-20-13-9-6-7-10-14(13)27(25,26)21-18/h6-7,9-10,12,15-16H,4-5,8,11H2,1-3H3,(H,20,21)/t15?,16-/m0/s1. The first-order chi connectivity index (χ1) is 12.8. The lowest BCUT2D eigenvalue weighted by Gasteiger charge is -2.26. The van der Waals surface area contributed by atoms with Crippen LogP contribution in [0.25, 0.3) is 0 Å². The van der Waals surface area contributed by atoms with Crippen molar-refractivity contribution in [1.82, 2.24) is 4.90 Å². The minimum absolute atomic E-state index is 0.0480. The summed E-state index contributed by atoms with van der Waals surface area (Å²) in [4.78, 5) is 27.7. The Kier molecular flexibility index (Phi) is 5.37. The molecule has 2 heterocycles. The number of benzene rings is 1. The zero-order valence-corrected chi connectivity index (χ0v) is 16.6. The maximum atomic E-state index is 13.0. The summed E-state index contributed by atoms with van der Waals surface area (Å²) < 4.78 is 28.8. The highest BCUT2D eigenvalue weighted by Gasteiger charge is 2.51. The molecule has 7 nitrogen and oxygen atoms in total. The number of sulfonamides is 1. The van der Waals surface area contributed by atoms with Gasteiger partial charge in [-0.2, -0.15) is 8.42 Å². The van der Waals surface area contributed by atoms with Crippen molar-refractivity contribution in [1.29, 1.82) is 0 Å². The summed E-state index contributed by atoms with van der Waals surface area (Å²) >= 11 is 0. The van der Waals surface area contributed by atoms with E-state index in [1.54, 1.807) is 23.1 Å². The molecule has 146 valence electrons. The monoisotopic (exact) mass is 391 g/mol. The highest BCUT2D eigenvalue weighted by molar-refractivity contribution is 7.90. The molecule has 1 saturated heterocycles. The van der Waals surface area contributed by atoms with Crippen molar-refractivity contribution < 1.29 is 18.0 Å². The van der Waals surface area contributed by atoms with Gasteiger partial charge in [0.25, 0.3) is 10.0 Å². The lowest BCUT2D eigenvalue weighted by atomic mass is 9.95. The van der Waals surface area contributed by atoms with E-state index in [1.165, 1.54) is 6.07 Å². The predicted octanol–water partition coefficient (Wildman–Crippen LogP) is 2.44. The Morgan fingerprint density at radius 2 is 1.89 bits per heavy atom. The first kappa shape index (κ1) is 19.5. The minimum Gasteiger partial charge on any atom is -0.341 e. The van der Waals surface area contributed by atoms with Crippen LogP contribution in [-0.4, -0.2) is 43.4 Å². The highest BCUT2D eigenvalue weighted by Crippen LogP contribution is 2.33. The molecule has 1 amide bonds. The van der Waals surface area contributed by atoms with Crippen LogP contribution in [0.3, 0.4) is 0 Å². The summed E-state index contributed by atoms with van der Waals surface area (Å²) in [7, 11) is -3.95. The van der Waals surface area contributed by atoms with Crippen molar-refractivity contribution in [3.8, 4) is 0 Å². The molecule has 1 aromatic carbocycles. The molecule has 0 aromatic heterocycles. The smallest absolute Gasteiger partial charge is 0.286 e. The molecule has 1 aromatic rings. The van der Waals surface area contributed by atoms with Gasteiger partial charge in [0.1, 0.15) is 10.7 Å². The van der Waals surface area contributed by atoms with Gasteiger partial charge >= 0.3 is 0 Å². The van der Waals surface area contributed by atoms with Crippen molar-refractivity contribution in [2.24, 2.45) is 16.2 Å². The van der Waals surface area contributed by atoms with Crippen LogP contribution in [0.4, 0.5) is 5.69 Å². The number of rotatable bonds is 6. The van der Waals surface area contributed by atoms with Gasteiger partial charge in [-0.25, -0.2) is 0 Å². The summed E-state index contributed by atoms with van der Waals surface area (Å²) in [6.45, 7) is 6.36. The Morgan fingerprint density at radius 3 is 2.56 bits per heavy atom. The summed E-state index contributed by atoms with van der Waals surface area (Å²) in [5.41, 5.74) is 0.341. The third-order valence-corrected chi connectivity index (χ3v) is 6.34. The van der Waals surface area contributed by atoms with Crippen LogP contribution >= 0.6 is 0 Å². The second-order valence-corrected chi connectivity index (χ2v) is 8.91. The number of nitrogens with one attached hydrogen (secondary N) is 1. The molecule has 1 unspecified atom stereocenters. The highest BCUT2D eigenvalue weighted by atomic mass is 32.2. The molecule has 0 radical (unpaired) electrons. The number of likely N-dealkylation sites (tertiary alicyclic amines) is 1. The number of carbonyl (C=O) groups excluding carboxylic acids is 2. The molecule has 2 aliphatic heterocycles. The van der Waals surface area contributed by atoms with Gasteiger partial charge in [0.15, 0.2) is 11.7 Å². The number of fused-ring (bicyclic) bond motifs is 1. The van der Waals surface area contributed by atoms with E-state index in [0.717, 1.165) is 19.3 Å². The van der Waals surface area contributed by atoms with Gasteiger partial charge in [-0.1, -0.05) is 45.7 Å². The quantitative estimate of drug-likeness (QED) is 0.593. The van der Waals surface area contributed by atoms with Crippen LogP contribution in [0, 0.1) is 11.8 Å². The number of hydrogen-bond donors (Lipinski definition) is 1. The molecule has 1 fully saturated rings. The van der Waals surface area contributed by atoms with E-state index in [9.17, 15) is 18.0 Å². The third kappa shape index (κ3) is 3.50. The van der Waals surface area contributed by atoms with E-state index in [0.29, 0.717) is 12.2 Å². The summed E-state index contributed by atoms with van der Waals surface area (Å²) in [6.07, 6.45) is 2.79. The van der Waals surface area contributed by atoms with Gasteiger partial charge in [-0.05, 0) is 24.5 Å². The third-order valence-electron chi connectivity index (χ3n) is 5.00. The molecule has 3 rings (SSSR count). The minimum atomic E-state index is -3.95. The van der Waals surface area contributed by atoms with Gasteiger partial charge < -0.3 is 10.2 Å². The van der Waals surface area contributed by atoms with Crippen molar-refractivity contribution in [3.63, 3.8) is 0 Å². The number of carbonyl (C=O) groups is 2. The van der Waals surface area contributed by atoms with Crippen molar-refractivity contribution in [2.75, 3.05) is 11.9 Å². The Morgan fingerprint density at radius 1 is 1.19 bits per heavy atom. The molecule has 1 N–H and O–H groups in total. The lowest BCUT2D eigenvalue weighted by Crippen LogP contribution is -2.39. The number of anilines is 1. The Balaban J connectivity index is 1.96.